The topological polar surface area (TPSA) is 32.3 Å². The van der Waals surface area contributed by atoms with Gasteiger partial charge in [0.1, 0.15) is 0 Å². The summed E-state index contributed by atoms with van der Waals surface area (Å²) >= 11 is 0. The van der Waals surface area contributed by atoms with Crippen molar-refractivity contribution in [2.24, 2.45) is 11.8 Å². The van der Waals surface area contributed by atoms with E-state index in [0.717, 1.165) is 25.3 Å². The lowest BCUT2D eigenvalue weighted by atomic mass is 9.80. The molecule has 0 heterocycles. The van der Waals surface area contributed by atoms with Gasteiger partial charge in [0, 0.05) is 12.1 Å². The van der Waals surface area contributed by atoms with E-state index in [1.165, 1.54) is 18.4 Å². The number of hydrogen-bond acceptors (Lipinski definition) is 2. The SMILES string of the molecule is CC1=CCCC(C)C1CNC1(CO)CC1. The van der Waals surface area contributed by atoms with Crippen molar-refractivity contribution in [2.45, 2.75) is 45.1 Å². The third-order valence-electron chi connectivity index (χ3n) is 4.21. The Labute approximate surface area is 92.8 Å². The number of nitrogens with one attached hydrogen (secondary N) is 1. The van der Waals surface area contributed by atoms with E-state index >= 15 is 0 Å². The van der Waals surface area contributed by atoms with Crippen LogP contribution in [0, 0.1) is 11.8 Å². The monoisotopic (exact) mass is 209 g/mol. The van der Waals surface area contributed by atoms with Crippen LogP contribution in [-0.2, 0) is 0 Å². The molecule has 1 fully saturated rings. The minimum absolute atomic E-state index is 0.0947. The van der Waals surface area contributed by atoms with Crippen molar-refractivity contribution in [3.05, 3.63) is 11.6 Å². The largest absolute Gasteiger partial charge is 0.394 e. The Kier molecular flexibility index (Phi) is 3.17. The molecule has 0 aromatic carbocycles. The highest BCUT2D eigenvalue weighted by Crippen LogP contribution is 2.36. The van der Waals surface area contributed by atoms with Crippen molar-refractivity contribution < 1.29 is 5.11 Å². The van der Waals surface area contributed by atoms with Gasteiger partial charge in [0.25, 0.3) is 0 Å². The molecule has 86 valence electrons. The van der Waals surface area contributed by atoms with Gasteiger partial charge in [0.2, 0.25) is 0 Å². The van der Waals surface area contributed by atoms with Crippen molar-refractivity contribution in [1.82, 2.24) is 5.32 Å². The van der Waals surface area contributed by atoms with Crippen LogP contribution in [0.2, 0.25) is 0 Å². The molecule has 2 rings (SSSR count). The first-order valence-electron chi connectivity index (χ1n) is 6.19. The van der Waals surface area contributed by atoms with Crippen molar-refractivity contribution in [2.75, 3.05) is 13.2 Å². The Bertz CT molecular complexity index is 255. The second-order valence-electron chi connectivity index (χ2n) is 5.43. The summed E-state index contributed by atoms with van der Waals surface area (Å²) in [6, 6.07) is 0. The van der Waals surface area contributed by atoms with Crippen LogP contribution in [0.5, 0.6) is 0 Å². The maximum atomic E-state index is 9.24. The number of hydrogen-bond donors (Lipinski definition) is 2. The van der Waals surface area contributed by atoms with Crippen molar-refractivity contribution in [3.63, 3.8) is 0 Å². The van der Waals surface area contributed by atoms with E-state index in [0.29, 0.717) is 12.5 Å². The quantitative estimate of drug-likeness (QED) is 0.695. The second kappa shape index (κ2) is 4.26. The van der Waals surface area contributed by atoms with Gasteiger partial charge in [-0.15, -0.1) is 0 Å². The molecule has 0 spiro atoms. The summed E-state index contributed by atoms with van der Waals surface area (Å²) in [6.07, 6.45) is 7.23. The van der Waals surface area contributed by atoms with Crippen molar-refractivity contribution in [3.8, 4) is 0 Å². The van der Waals surface area contributed by atoms with Crippen LogP contribution in [0.15, 0.2) is 11.6 Å². The lowest BCUT2D eigenvalue weighted by molar-refractivity contribution is 0.219. The molecule has 0 aromatic rings. The Morgan fingerprint density at radius 2 is 2.27 bits per heavy atom. The fraction of sp³-hybridized carbons (Fsp3) is 0.846. The normalized spacial score (nSPS) is 33.7. The van der Waals surface area contributed by atoms with Crippen LogP contribution in [0.4, 0.5) is 0 Å². The van der Waals surface area contributed by atoms with Gasteiger partial charge in [-0.25, -0.2) is 0 Å². The molecule has 2 atom stereocenters. The number of aliphatic hydroxyl groups excluding tert-OH is 1. The van der Waals surface area contributed by atoms with E-state index in [1.807, 2.05) is 0 Å². The van der Waals surface area contributed by atoms with Crippen LogP contribution in [-0.4, -0.2) is 23.8 Å². The first kappa shape index (κ1) is 11.2. The highest BCUT2D eigenvalue weighted by Gasteiger charge is 2.42. The first-order chi connectivity index (χ1) is 7.17. The molecule has 2 nitrogen and oxygen atoms in total. The van der Waals surface area contributed by atoms with Gasteiger partial charge in [-0.3, -0.25) is 0 Å². The molecule has 2 heteroatoms. The molecule has 15 heavy (non-hydrogen) atoms. The fourth-order valence-electron chi connectivity index (χ4n) is 2.61. The minimum Gasteiger partial charge on any atom is -0.394 e. The van der Waals surface area contributed by atoms with E-state index in [1.54, 1.807) is 0 Å². The maximum absolute atomic E-state index is 9.24. The molecule has 0 aliphatic heterocycles. The molecule has 2 aliphatic rings. The summed E-state index contributed by atoms with van der Waals surface area (Å²) in [7, 11) is 0. The molecule has 2 unspecified atom stereocenters. The van der Waals surface area contributed by atoms with Crippen LogP contribution < -0.4 is 5.32 Å². The molecule has 0 radical (unpaired) electrons. The van der Waals surface area contributed by atoms with Crippen LogP contribution in [0.25, 0.3) is 0 Å². The molecule has 2 N–H and O–H groups in total. The molecule has 0 saturated heterocycles. The predicted molar refractivity (Wildman–Crippen MR) is 62.7 cm³/mol. The summed E-state index contributed by atoms with van der Waals surface area (Å²) in [4.78, 5) is 0. The summed E-state index contributed by atoms with van der Waals surface area (Å²) in [5.41, 5.74) is 1.63. The number of allylic oxidation sites excluding steroid dienone is 1. The maximum Gasteiger partial charge on any atom is 0.0613 e. The standard InChI is InChI=1S/C13H23NO/c1-10-4-3-5-11(2)12(10)8-14-13(9-15)6-7-13/h4,11-12,14-15H,3,5-9H2,1-2H3. The van der Waals surface area contributed by atoms with Gasteiger partial charge in [0.15, 0.2) is 0 Å². The zero-order chi connectivity index (χ0) is 10.9. The number of aliphatic hydroxyl groups is 1. The Morgan fingerprint density at radius 3 is 2.80 bits per heavy atom. The van der Waals surface area contributed by atoms with Crippen molar-refractivity contribution in [1.29, 1.82) is 0 Å². The molecular weight excluding hydrogens is 186 g/mol. The average Bonchev–Trinajstić information content (AvgIpc) is 2.98. The van der Waals surface area contributed by atoms with Gasteiger partial charge in [0.05, 0.1) is 6.61 Å². The summed E-state index contributed by atoms with van der Waals surface area (Å²) in [5, 5.41) is 12.8. The lowest BCUT2D eigenvalue weighted by Crippen LogP contribution is -2.40. The van der Waals surface area contributed by atoms with Crippen LogP contribution in [0.3, 0.4) is 0 Å². The molecular formula is C13H23NO. The van der Waals surface area contributed by atoms with Gasteiger partial charge in [-0.2, -0.15) is 0 Å². The van der Waals surface area contributed by atoms with E-state index < -0.39 is 0 Å². The molecule has 0 aromatic heterocycles. The van der Waals surface area contributed by atoms with E-state index in [9.17, 15) is 5.11 Å². The Morgan fingerprint density at radius 1 is 1.53 bits per heavy atom. The summed E-state index contributed by atoms with van der Waals surface area (Å²) < 4.78 is 0. The van der Waals surface area contributed by atoms with E-state index in [2.05, 4.69) is 25.2 Å². The highest BCUT2D eigenvalue weighted by molar-refractivity contribution is 5.11. The van der Waals surface area contributed by atoms with Crippen LogP contribution >= 0.6 is 0 Å². The fourth-order valence-corrected chi connectivity index (χ4v) is 2.61. The third-order valence-corrected chi connectivity index (χ3v) is 4.21. The Hall–Kier alpha value is -0.340. The molecule has 0 bridgehead atoms. The van der Waals surface area contributed by atoms with E-state index in [4.69, 9.17) is 0 Å². The van der Waals surface area contributed by atoms with Gasteiger partial charge in [-0.1, -0.05) is 18.6 Å². The van der Waals surface area contributed by atoms with E-state index in [-0.39, 0.29) is 5.54 Å². The zero-order valence-corrected chi connectivity index (χ0v) is 9.92. The molecule has 2 aliphatic carbocycles. The second-order valence-corrected chi connectivity index (χ2v) is 5.43. The third kappa shape index (κ3) is 2.43. The molecule has 1 saturated carbocycles. The highest BCUT2D eigenvalue weighted by atomic mass is 16.3. The van der Waals surface area contributed by atoms with Gasteiger partial charge >= 0.3 is 0 Å². The van der Waals surface area contributed by atoms with Gasteiger partial charge in [-0.05, 0) is 44.4 Å². The van der Waals surface area contributed by atoms with Gasteiger partial charge < -0.3 is 10.4 Å². The smallest absolute Gasteiger partial charge is 0.0613 e. The van der Waals surface area contributed by atoms with Crippen molar-refractivity contribution >= 4 is 0 Å². The molecule has 0 amide bonds. The minimum atomic E-state index is 0.0947. The predicted octanol–water partition coefficient (Wildman–Crippen LogP) is 2.09. The first-order valence-corrected chi connectivity index (χ1v) is 6.19. The summed E-state index contributed by atoms with van der Waals surface area (Å²) in [6.45, 7) is 5.95. The lowest BCUT2D eigenvalue weighted by Gasteiger charge is -2.30. The zero-order valence-electron chi connectivity index (χ0n) is 9.92. The Balaban J connectivity index is 1.87. The number of rotatable bonds is 4. The average molecular weight is 209 g/mol. The summed E-state index contributed by atoms with van der Waals surface area (Å²) in [5.74, 6) is 1.47. The van der Waals surface area contributed by atoms with Crippen LogP contribution in [0.1, 0.15) is 39.5 Å².